The smallest absolute Gasteiger partial charge is 0.319 e. The summed E-state index contributed by atoms with van der Waals surface area (Å²) in [6.45, 7) is 1.76. The van der Waals surface area contributed by atoms with Gasteiger partial charge in [0.05, 0.1) is 13.2 Å². The van der Waals surface area contributed by atoms with Crippen LogP contribution in [0.1, 0.15) is 18.7 Å². The topological polar surface area (TPSA) is 76.4 Å². The molecule has 0 aliphatic carbocycles. The Morgan fingerprint density at radius 1 is 1.45 bits per heavy atom. The maximum absolute atomic E-state index is 13.5. The van der Waals surface area contributed by atoms with Crippen LogP contribution < -0.4 is 15.4 Å². The monoisotopic (exact) mass is 279 g/mol. The molecule has 0 aliphatic rings. The summed E-state index contributed by atoms with van der Waals surface area (Å²) >= 11 is 0. The van der Waals surface area contributed by atoms with Crippen LogP contribution in [0.25, 0.3) is 0 Å². The molecule has 1 atom stereocenters. The maximum atomic E-state index is 13.5. The fourth-order valence-corrected chi connectivity index (χ4v) is 1.63. The number of urea groups is 1. The van der Waals surface area contributed by atoms with Crippen molar-refractivity contribution in [1.29, 1.82) is 0 Å². The van der Waals surface area contributed by atoms with Crippen LogP contribution in [0.15, 0.2) is 35.1 Å². The summed E-state index contributed by atoms with van der Waals surface area (Å²) in [7, 11) is 1.37. The maximum Gasteiger partial charge on any atom is 0.319 e. The van der Waals surface area contributed by atoms with Gasteiger partial charge in [0.1, 0.15) is 12.0 Å². The number of rotatable bonds is 4. The molecular weight excluding hydrogens is 265 g/mol. The van der Waals surface area contributed by atoms with Gasteiger partial charge in [-0.05, 0) is 19.1 Å². The first-order valence-corrected chi connectivity index (χ1v) is 5.91. The Bertz CT molecular complexity index is 587. The second-order valence-electron chi connectivity index (χ2n) is 4.09. The molecule has 2 amide bonds. The molecule has 0 saturated carbocycles. The van der Waals surface area contributed by atoms with E-state index in [4.69, 9.17) is 9.26 Å². The third kappa shape index (κ3) is 3.25. The third-order valence-electron chi connectivity index (χ3n) is 2.66. The van der Waals surface area contributed by atoms with Gasteiger partial charge in [-0.3, -0.25) is 0 Å². The predicted molar refractivity (Wildman–Crippen MR) is 70.0 cm³/mol. The second kappa shape index (κ2) is 6.05. The van der Waals surface area contributed by atoms with E-state index in [0.717, 1.165) is 0 Å². The van der Waals surface area contributed by atoms with Crippen molar-refractivity contribution in [3.8, 4) is 5.75 Å². The number of anilines is 1. The SMILES string of the molecule is COc1ccc(NC(=O)NC(C)c2ccon2)cc1F. The summed E-state index contributed by atoms with van der Waals surface area (Å²) in [6, 6.07) is 5.02. The average Bonchev–Trinajstić information content (AvgIpc) is 2.92. The Morgan fingerprint density at radius 3 is 2.85 bits per heavy atom. The van der Waals surface area contributed by atoms with E-state index in [0.29, 0.717) is 11.4 Å². The Labute approximate surface area is 114 Å². The van der Waals surface area contributed by atoms with E-state index in [-0.39, 0.29) is 11.8 Å². The summed E-state index contributed by atoms with van der Waals surface area (Å²) in [4.78, 5) is 11.7. The number of methoxy groups -OCH3 is 1. The molecule has 2 N–H and O–H groups in total. The number of hydrogen-bond acceptors (Lipinski definition) is 4. The summed E-state index contributed by atoms with van der Waals surface area (Å²) in [6.07, 6.45) is 1.42. The standard InChI is InChI=1S/C13H14FN3O3/c1-8(11-5-6-20-17-11)15-13(18)16-9-3-4-12(19-2)10(14)7-9/h3-8H,1-2H3,(H2,15,16,18). The van der Waals surface area contributed by atoms with Gasteiger partial charge in [-0.1, -0.05) is 5.16 Å². The molecule has 0 fully saturated rings. The largest absolute Gasteiger partial charge is 0.494 e. The molecule has 7 heteroatoms. The van der Waals surface area contributed by atoms with E-state index in [1.165, 1.54) is 25.5 Å². The van der Waals surface area contributed by atoms with Crippen LogP contribution >= 0.6 is 0 Å². The number of ether oxygens (including phenoxy) is 1. The van der Waals surface area contributed by atoms with Crippen molar-refractivity contribution < 1.29 is 18.4 Å². The number of aromatic nitrogens is 1. The molecule has 2 aromatic rings. The number of benzene rings is 1. The van der Waals surface area contributed by atoms with Crippen molar-refractivity contribution in [1.82, 2.24) is 10.5 Å². The van der Waals surface area contributed by atoms with E-state index in [2.05, 4.69) is 15.8 Å². The quantitative estimate of drug-likeness (QED) is 0.902. The molecule has 1 aromatic heterocycles. The lowest BCUT2D eigenvalue weighted by molar-refractivity contribution is 0.249. The number of hydrogen-bond donors (Lipinski definition) is 2. The number of carbonyl (C=O) groups is 1. The van der Waals surface area contributed by atoms with Crippen LogP contribution in [0.4, 0.5) is 14.9 Å². The first-order chi connectivity index (χ1) is 9.60. The van der Waals surface area contributed by atoms with Crippen LogP contribution in [-0.2, 0) is 0 Å². The van der Waals surface area contributed by atoms with Gasteiger partial charge < -0.3 is 19.9 Å². The molecular formula is C13H14FN3O3. The lowest BCUT2D eigenvalue weighted by Gasteiger charge is -2.12. The fourth-order valence-electron chi connectivity index (χ4n) is 1.63. The minimum Gasteiger partial charge on any atom is -0.494 e. The van der Waals surface area contributed by atoms with Crippen LogP contribution in [0.2, 0.25) is 0 Å². The van der Waals surface area contributed by atoms with Crippen molar-refractivity contribution in [3.63, 3.8) is 0 Å². The molecule has 106 valence electrons. The lowest BCUT2D eigenvalue weighted by Crippen LogP contribution is -2.31. The number of amides is 2. The second-order valence-corrected chi connectivity index (χ2v) is 4.09. The molecule has 1 unspecified atom stereocenters. The molecule has 0 radical (unpaired) electrons. The highest BCUT2D eigenvalue weighted by Gasteiger charge is 2.12. The lowest BCUT2D eigenvalue weighted by atomic mass is 10.2. The molecule has 0 bridgehead atoms. The van der Waals surface area contributed by atoms with Crippen molar-refractivity contribution in [2.24, 2.45) is 0 Å². The zero-order chi connectivity index (χ0) is 14.5. The first-order valence-electron chi connectivity index (χ1n) is 5.91. The van der Waals surface area contributed by atoms with Gasteiger partial charge in [0.15, 0.2) is 11.6 Å². The zero-order valence-corrected chi connectivity index (χ0v) is 11.0. The van der Waals surface area contributed by atoms with Gasteiger partial charge in [-0.15, -0.1) is 0 Å². The molecule has 0 aliphatic heterocycles. The van der Waals surface area contributed by atoms with Crippen LogP contribution in [-0.4, -0.2) is 18.3 Å². The highest BCUT2D eigenvalue weighted by Crippen LogP contribution is 2.20. The Morgan fingerprint density at radius 2 is 2.25 bits per heavy atom. The minimum atomic E-state index is -0.546. The number of halogens is 1. The highest BCUT2D eigenvalue weighted by molar-refractivity contribution is 5.89. The molecule has 1 heterocycles. The molecule has 20 heavy (non-hydrogen) atoms. The van der Waals surface area contributed by atoms with Gasteiger partial charge in [-0.25, -0.2) is 9.18 Å². The van der Waals surface area contributed by atoms with Gasteiger partial charge in [0.25, 0.3) is 0 Å². The predicted octanol–water partition coefficient (Wildman–Crippen LogP) is 2.71. The fraction of sp³-hybridized carbons (Fsp3) is 0.231. The summed E-state index contributed by atoms with van der Waals surface area (Å²) < 4.78 is 23.0. The Hall–Kier alpha value is -2.57. The van der Waals surface area contributed by atoms with E-state index >= 15 is 0 Å². The molecule has 0 saturated heterocycles. The van der Waals surface area contributed by atoms with Gasteiger partial charge >= 0.3 is 6.03 Å². The van der Waals surface area contributed by atoms with E-state index < -0.39 is 11.8 Å². The Kier molecular flexibility index (Phi) is 4.19. The van der Waals surface area contributed by atoms with Crippen molar-refractivity contribution >= 4 is 11.7 Å². The van der Waals surface area contributed by atoms with Crippen LogP contribution in [0.5, 0.6) is 5.75 Å². The van der Waals surface area contributed by atoms with E-state index in [1.807, 2.05) is 0 Å². The zero-order valence-electron chi connectivity index (χ0n) is 11.0. The number of carbonyl (C=O) groups excluding carboxylic acids is 1. The van der Waals surface area contributed by atoms with Crippen LogP contribution in [0, 0.1) is 5.82 Å². The molecule has 2 rings (SSSR count). The van der Waals surface area contributed by atoms with Gasteiger partial charge in [-0.2, -0.15) is 0 Å². The van der Waals surface area contributed by atoms with Crippen molar-refractivity contribution in [3.05, 3.63) is 42.0 Å². The van der Waals surface area contributed by atoms with E-state index in [1.54, 1.807) is 19.1 Å². The summed E-state index contributed by atoms with van der Waals surface area (Å²) in [5, 5.41) is 8.89. The molecule has 0 spiro atoms. The third-order valence-corrected chi connectivity index (χ3v) is 2.66. The molecule has 1 aromatic carbocycles. The van der Waals surface area contributed by atoms with Crippen molar-refractivity contribution in [2.75, 3.05) is 12.4 Å². The van der Waals surface area contributed by atoms with Crippen molar-refractivity contribution in [2.45, 2.75) is 13.0 Å². The normalized spacial score (nSPS) is 11.8. The van der Waals surface area contributed by atoms with Gasteiger partial charge in [0, 0.05) is 17.8 Å². The van der Waals surface area contributed by atoms with E-state index in [9.17, 15) is 9.18 Å². The van der Waals surface area contributed by atoms with Crippen LogP contribution in [0.3, 0.4) is 0 Å². The average molecular weight is 279 g/mol. The number of nitrogens with one attached hydrogen (secondary N) is 2. The Balaban J connectivity index is 1.96. The summed E-state index contributed by atoms with van der Waals surface area (Å²) in [5.41, 5.74) is 0.925. The summed E-state index contributed by atoms with van der Waals surface area (Å²) in [5.74, 6) is -0.429. The number of nitrogens with zero attached hydrogens (tertiary/aromatic N) is 1. The van der Waals surface area contributed by atoms with Gasteiger partial charge in [0.2, 0.25) is 0 Å². The first kappa shape index (κ1) is 13.9. The highest BCUT2D eigenvalue weighted by atomic mass is 19.1. The molecule has 6 nitrogen and oxygen atoms in total. The minimum absolute atomic E-state index is 0.118.